The van der Waals surface area contributed by atoms with Gasteiger partial charge in [-0.2, -0.15) is 0 Å². The van der Waals surface area contributed by atoms with Crippen LogP contribution in [0.1, 0.15) is 48.0 Å². The lowest BCUT2D eigenvalue weighted by Gasteiger charge is -2.34. The number of nitrogens with zero attached hydrogens (tertiary/aromatic N) is 1. The minimum atomic E-state index is -0.518. The molecule has 1 aliphatic rings. The summed E-state index contributed by atoms with van der Waals surface area (Å²) in [5.74, 6) is 0.164. The monoisotopic (exact) mass is 418 g/mol. The summed E-state index contributed by atoms with van der Waals surface area (Å²) >= 11 is 11.8. The van der Waals surface area contributed by atoms with Crippen molar-refractivity contribution in [3.63, 3.8) is 0 Å². The molecule has 2 aromatic rings. The molecule has 1 saturated heterocycles. The molecule has 0 bridgehead atoms. The molecule has 1 fully saturated rings. The van der Waals surface area contributed by atoms with Crippen molar-refractivity contribution in [3.8, 4) is 0 Å². The predicted molar refractivity (Wildman–Crippen MR) is 113 cm³/mol. The number of piperidine rings is 1. The zero-order valence-electron chi connectivity index (χ0n) is 15.8. The Morgan fingerprint density at radius 1 is 1.00 bits per heavy atom. The van der Waals surface area contributed by atoms with E-state index in [1.54, 1.807) is 24.3 Å². The number of benzene rings is 2. The average Bonchev–Trinajstić information content (AvgIpc) is 2.72. The van der Waals surface area contributed by atoms with Crippen LogP contribution in [0.2, 0.25) is 10.0 Å². The first kappa shape index (κ1) is 20.7. The summed E-state index contributed by atoms with van der Waals surface area (Å²) in [6, 6.07) is 14.1. The third-order valence-electron chi connectivity index (χ3n) is 5.27. The summed E-state index contributed by atoms with van der Waals surface area (Å²) in [5, 5.41) is 4.17. The van der Waals surface area contributed by atoms with Gasteiger partial charge >= 0.3 is 0 Å². The molecular weight excluding hydrogens is 395 g/mol. The Kier molecular flexibility index (Phi) is 6.97. The minimum Gasteiger partial charge on any atom is -0.341 e. The Balaban J connectivity index is 1.57. The first-order chi connectivity index (χ1) is 13.5. The maximum atomic E-state index is 12.9. The molecule has 148 valence electrons. The van der Waals surface area contributed by atoms with Gasteiger partial charge in [-0.05, 0) is 67.1 Å². The van der Waals surface area contributed by atoms with Gasteiger partial charge in [0, 0.05) is 28.7 Å². The summed E-state index contributed by atoms with van der Waals surface area (Å²) in [6.07, 6.45) is 2.37. The number of hydrogen-bond acceptors (Lipinski definition) is 2. The van der Waals surface area contributed by atoms with E-state index >= 15 is 0 Å². The van der Waals surface area contributed by atoms with Crippen molar-refractivity contribution >= 4 is 35.0 Å². The highest BCUT2D eigenvalue weighted by atomic mass is 35.5. The van der Waals surface area contributed by atoms with Crippen molar-refractivity contribution in [3.05, 3.63) is 69.7 Å². The molecule has 0 spiro atoms. The van der Waals surface area contributed by atoms with Gasteiger partial charge in [-0.3, -0.25) is 9.59 Å². The first-order valence-electron chi connectivity index (χ1n) is 9.58. The van der Waals surface area contributed by atoms with E-state index in [1.807, 2.05) is 24.0 Å². The molecule has 28 heavy (non-hydrogen) atoms. The van der Waals surface area contributed by atoms with E-state index in [9.17, 15) is 9.59 Å². The Morgan fingerprint density at radius 3 is 2.07 bits per heavy atom. The molecule has 1 N–H and O–H groups in total. The Morgan fingerprint density at radius 2 is 1.54 bits per heavy atom. The zero-order chi connectivity index (χ0) is 20.1. The molecule has 0 aromatic heterocycles. The maximum absolute atomic E-state index is 12.9. The third kappa shape index (κ3) is 5.06. The van der Waals surface area contributed by atoms with Crippen molar-refractivity contribution in [2.45, 2.75) is 38.1 Å². The quantitative estimate of drug-likeness (QED) is 0.749. The van der Waals surface area contributed by atoms with Crippen LogP contribution in [0.25, 0.3) is 0 Å². The van der Waals surface area contributed by atoms with Gasteiger partial charge in [-0.1, -0.05) is 42.3 Å². The number of likely N-dealkylation sites (tertiary alicyclic amines) is 1. The van der Waals surface area contributed by atoms with Crippen LogP contribution in [-0.2, 0) is 4.79 Å². The van der Waals surface area contributed by atoms with Crippen molar-refractivity contribution in [2.75, 3.05) is 13.1 Å². The Hall–Kier alpha value is -2.04. The third-order valence-corrected chi connectivity index (χ3v) is 5.77. The molecule has 1 aliphatic heterocycles. The van der Waals surface area contributed by atoms with Crippen molar-refractivity contribution in [2.24, 2.45) is 0 Å². The number of carbonyl (C=O) groups is 2. The number of rotatable bonds is 5. The number of amides is 2. The van der Waals surface area contributed by atoms with Crippen LogP contribution >= 0.6 is 23.2 Å². The molecule has 2 amide bonds. The number of hydrogen-bond donors (Lipinski definition) is 1. The molecule has 0 aliphatic carbocycles. The standard InChI is InChI=1S/C22H24Cl2N2O2/c1-2-20(25-21(27)17-5-9-19(24)10-6-17)22(28)26-13-11-16(12-14-26)15-3-7-18(23)8-4-15/h3-10,16,20H,2,11-14H2,1H3,(H,25,27). The maximum Gasteiger partial charge on any atom is 0.251 e. The van der Waals surface area contributed by atoms with Gasteiger partial charge in [0.15, 0.2) is 0 Å². The van der Waals surface area contributed by atoms with Crippen molar-refractivity contribution in [1.29, 1.82) is 0 Å². The van der Waals surface area contributed by atoms with Gasteiger partial charge in [0.1, 0.15) is 6.04 Å². The van der Waals surface area contributed by atoms with Crippen LogP contribution < -0.4 is 5.32 Å². The summed E-state index contributed by atoms with van der Waals surface area (Å²) in [4.78, 5) is 27.2. The number of nitrogens with one attached hydrogen (secondary N) is 1. The molecule has 4 nitrogen and oxygen atoms in total. The number of carbonyl (C=O) groups excluding carboxylic acids is 2. The molecule has 1 atom stereocenters. The fourth-order valence-corrected chi connectivity index (χ4v) is 3.82. The summed E-state index contributed by atoms with van der Waals surface area (Å²) in [5.41, 5.74) is 1.76. The summed E-state index contributed by atoms with van der Waals surface area (Å²) < 4.78 is 0. The van der Waals surface area contributed by atoms with Crippen molar-refractivity contribution in [1.82, 2.24) is 10.2 Å². The summed E-state index contributed by atoms with van der Waals surface area (Å²) in [6.45, 7) is 3.30. The molecule has 6 heteroatoms. The molecule has 1 heterocycles. The van der Waals surface area contributed by atoms with Gasteiger partial charge in [0.2, 0.25) is 5.91 Å². The molecule has 0 saturated carbocycles. The lowest BCUT2D eigenvalue weighted by Crippen LogP contribution is -2.50. The molecule has 1 unspecified atom stereocenters. The lowest BCUT2D eigenvalue weighted by atomic mass is 9.89. The van der Waals surface area contributed by atoms with Crippen LogP contribution in [0.4, 0.5) is 0 Å². The lowest BCUT2D eigenvalue weighted by molar-refractivity contribution is -0.134. The SMILES string of the molecule is CCC(NC(=O)c1ccc(Cl)cc1)C(=O)N1CCC(c2ccc(Cl)cc2)CC1. The van der Waals surface area contributed by atoms with E-state index in [0.29, 0.717) is 36.0 Å². The molecule has 3 rings (SSSR count). The van der Waals surface area contributed by atoms with Gasteiger partial charge in [-0.15, -0.1) is 0 Å². The highest BCUT2D eigenvalue weighted by molar-refractivity contribution is 6.30. The van der Waals surface area contributed by atoms with Gasteiger partial charge in [0.05, 0.1) is 0 Å². The van der Waals surface area contributed by atoms with Gasteiger partial charge < -0.3 is 10.2 Å². The van der Waals surface area contributed by atoms with Crippen molar-refractivity contribution < 1.29 is 9.59 Å². The van der Waals surface area contributed by atoms with E-state index in [1.165, 1.54) is 5.56 Å². The van der Waals surface area contributed by atoms with E-state index < -0.39 is 6.04 Å². The van der Waals surface area contributed by atoms with E-state index in [2.05, 4.69) is 17.4 Å². The van der Waals surface area contributed by atoms with E-state index in [-0.39, 0.29) is 11.8 Å². The fourth-order valence-electron chi connectivity index (χ4n) is 3.57. The second-order valence-corrected chi connectivity index (χ2v) is 7.97. The highest BCUT2D eigenvalue weighted by Gasteiger charge is 2.29. The van der Waals surface area contributed by atoms with E-state index in [4.69, 9.17) is 23.2 Å². The predicted octanol–water partition coefficient (Wildman–Crippen LogP) is 4.91. The zero-order valence-corrected chi connectivity index (χ0v) is 17.3. The normalized spacial score (nSPS) is 15.9. The van der Waals surface area contributed by atoms with E-state index in [0.717, 1.165) is 17.9 Å². The molecular formula is C22H24Cl2N2O2. The Labute approximate surface area is 175 Å². The molecule has 0 radical (unpaired) electrons. The van der Waals surface area contributed by atoms with Gasteiger partial charge in [-0.25, -0.2) is 0 Å². The molecule has 2 aromatic carbocycles. The minimum absolute atomic E-state index is 0.0145. The smallest absolute Gasteiger partial charge is 0.251 e. The second-order valence-electron chi connectivity index (χ2n) is 7.09. The van der Waals surface area contributed by atoms with Crippen LogP contribution in [0.3, 0.4) is 0 Å². The van der Waals surface area contributed by atoms with Crippen LogP contribution in [0.15, 0.2) is 48.5 Å². The van der Waals surface area contributed by atoms with Crippen LogP contribution in [0, 0.1) is 0 Å². The van der Waals surface area contributed by atoms with Crippen LogP contribution in [-0.4, -0.2) is 35.8 Å². The largest absolute Gasteiger partial charge is 0.341 e. The highest BCUT2D eigenvalue weighted by Crippen LogP contribution is 2.29. The van der Waals surface area contributed by atoms with Gasteiger partial charge in [0.25, 0.3) is 5.91 Å². The fraction of sp³-hybridized carbons (Fsp3) is 0.364. The van der Waals surface area contributed by atoms with Crippen LogP contribution in [0.5, 0.6) is 0 Å². The topological polar surface area (TPSA) is 49.4 Å². The average molecular weight is 419 g/mol. The summed E-state index contributed by atoms with van der Waals surface area (Å²) in [7, 11) is 0. The Bertz CT molecular complexity index is 813. The first-order valence-corrected chi connectivity index (χ1v) is 10.3. The number of halogens is 2. The second kappa shape index (κ2) is 9.44.